The Morgan fingerprint density at radius 1 is 0.879 bits per heavy atom. The van der Waals surface area contributed by atoms with Crippen molar-refractivity contribution in [2.45, 2.75) is 20.8 Å². The molecule has 2 aromatic heterocycles. The summed E-state index contributed by atoms with van der Waals surface area (Å²) in [6, 6.07) is 19.5. The van der Waals surface area contributed by atoms with Gasteiger partial charge in [-0.05, 0) is 39.0 Å². The van der Waals surface area contributed by atoms with Crippen molar-refractivity contribution in [3.8, 4) is 11.3 Å². The van der Waals surface area contributed by atoms with Crippen molar-refractivity contribution < 1.29 is 9.53 Å². The number of nitrogens with one attached hydrogen (secondary N) is 2. The lowest BCUT2D eigenvalue weighted by molar-refractivity contribution is 0.0526. The number of hydrogen-bond donors (Lipinski definition) is 2. The van der Waals surface area contributed by atoms with E-state index in [4.69, 9.17) is 4.74 Å². The molecule has 0 unspecified atom stereocenters. The summed E-state index contributed by atoms with van der Waals surface area (Å²) < 4.78 is 5.12. The number of carbonyl (C=O) groups is 1. The fraction of sp³-hybridized carbons (Fsp3) is 0.160. The molecule has 2 N–H and O–H groups in total. The van der Waals surface area contributed by atoms with Crippen molar-refractivity contribution in [1.82, 2.24) is 19.9 Å². The zero-order valence-corrected chi connectivity index (χ0v) is 18.7. The number of aryl methyl sites for hydroxylation is 2. The van der Waals surface area contributed by atoms with Gasteiger partial charge in [-0.1, -0.05) is 36.4 Å². The molecule has 8 nitrogen and oxygen atoms in total. The molecule has 4 aromatic rings. The van der Waals surface area contributed by atoms with Crippen molar-refractivity contribution in [3.63, 3.8) is 0 Å². The standard InChI is InChI=1S/C25H24N6O2/c1-4-33-25(32)21-15-26-16(2)29-24(21)31-20-12-8-11-19(13-20)30-23-14-22(27-17(3)28-23)18-9-6-5-7-10-18/h5-15H,4H2,1-3H3,(H,26,29,31)(H,27,28,30). The molecule has 0 aliphatic heterocycles. The van der Waals surface area contributed by atoms with Crippen LogP contribution in [0.25, 0.3) is 11.3 Å². The topological polar surface area (TPSA) is 102 Å². The van der Waals surface area contributed by atoms with E-state index >= 15 is 0 Å². The number of rotatable bonds is 7. The van der Waals surface area contributed by atoms with Crippen LogP contribution in [0.15, 0.2) is 66.9 Å². The van der Waals surface area contributed by atoms with Crippen molar-refractivity contribution in [2.75, 3.05) is 17.2 Å². The van der Waals surface area contributed by atoms with Crippen LogP contribution in [0.3, 0.4) is 0 Å². The highest BCUT2D eigenvalue weighted by Gasteiger charge is 2.15. The molecule has 0 fully saturated rings. The Labute approximate surface area is 192 Å². The van der Waals surface area contributed by atoms with E-state index in [1.165, 1.54) is 6.20 Å². The Bertz CT molecular complexity index is 1280. The van der Waals surface area contributed by atoms with Gasteiger partial charge in [0.15, 0.2) is 0 Å². The molecule has 0 atom stereocenters. The molecular formula is C25H24N6O2. The summed E-state index contributed by atoms with van der Waals surface area (Å²) in [5.41, 5.74) is 3.71. The first kappa shape index (κ1) is 21.9. The van der Waals surface area contributed by atoms with E-state index in [1.54, 1.807) is 13.8 Å². The average molecular weight is 441 g/mol. The van der Waals surface area contributed by atoms with E-state index in [2.05, 4.69) is 30.6 Å². The molecule has 0 saturated carbocycles. The molecule has 4 rings (SSSR count). The number of carbonyl (C=O) groups excluding carboxylic acids is 1. The van der Waals surface area contributed by atoms with E-state index in [1.807, 2.05) is 67.6 Å². The highest BCUT2D eigenvalue weighted by atomic mass is 16.5. The largest absolute Gasteiger partial charge is 0.462 e. The first-order valence-electron chi connectivity index (χ1n) is 10.6. The molecule has 0 radical (unpaired) electrons. The van der Waals surface area contributed by atoms with Crippen LogP contribution < -0.4 is 10.6 Å². The second kappa shape index (κ2) is 9.86. The van der Waals surface area contributed by atoms with Crippen LogP contribution in [0.2, 0.25) is 0 Å². The zero-order chi connectivity index (χ0) is 23.2. The Kier molecular flexibility index (Phi) is 6.54. The minimum atomic E-state index is -0.473. The maximum atomic E-state index is 12.3. The van der Waals surface area contributed by atoms with Gasteiger partial charge in [-0.2, -0.15) is 0 Å². The first-order chi connectivity index (χ1) is 16.0. The monoisotopic (exact) mass is 440 g/mol. The third-order valence-electron chi connectivity index (χ3n) is 4.71. The summed E-state index contributed by atoms with van der Waals surface area (Å²) in [6.45, 7) is 5.66. The predicted octanol–water partition coefficient (Wildman–Crippen LogP) is 5.21. The highest BCUT2D eigenvalue weighted by molar-refractivity contribution is 5.95. The predicted molar refractivity (Wildman–Crippen MR) is 128 cm³/mol. The molecule has 0 aliphatic carbocycles. The number of anilines is 4. The second-order valence-corrected chi connectivity index (χ2v) is 7.28. The lowest BCUT2D eigenvalue weighted by Gasteiger charge is -2.13. The lowest BCUT2D eigenvalue weighted by atomic mass is 10.1. The number of nitrogens with zero attached hydrogens (tertiary/aromatic N) is 4. The van der Waals surface area contributed by atoms with Gasteiger partial charge >= 0.3 is 5.97 Å². The number of ether oxygens (including phenoxy) is 1. The summed E-state index contributed by atoms with van der Waals surface area (Å²) in [6.07, 6.45) is 1.47. The van der Waals surface area contributed by atoms with Crippen LogP contribution in [0.5, 0.6) is 0 Å². The molecule has 2 heterocycles. The second-order valence-electron chi connectivity index (χ2n) is 7.28. The minimum Gasteiger partial charge on any atom is -0.462 e. The quantitative estimate of drug-likeness (QED) is 0.377. The summed E-state index contributed by atoms with van der Waals surface area (Å²) in [5, 5.41) is 6.54. The van der Waals surface area contributed by atoms with E-state index in [9.17, 15) is 4.79 Å². The van der Waals surface area contributed by atoms with E-state index in [0.717, 1.165) is 22.6 Å². The smallest absolute Gasteiger partial charge is 0.343 e. The number of hydrogen-bond acceptors (Lipinski definition) is 8. The zero-order valence-electron chi connectivity index (χ0n) is 18.7. The minimum absolute atomic E-state index is 0.273. The molecule has 33 heavy (non-hydrogen) atoms. The number of esters is 1. The van der Waals surface area contributed by atoms with Crippen molar-refractivity contribution in [2.24, 2.45) is 0 Å². The molecule has 0 aliphatic rings. The van der Waals surface area contributed by atoms with Gasteiger partial charge in [0.1, 0.15) is 28.8 Å². The van der Waals surface area contributed by atoms with Gasteiger partial charge in [0.05, 0.1) is 12.3 Å². The molecule has 8 heteroatoms. The highest BCUT2D eigenvalue weighted by Crippen LogP contribution is 2.25. The fourth-order valence-corrected chi connectivity index (χ4v) is 3.27. The molecular weight excluding hydrogens is 416 g/mol. The van der Waals surface area contributed by atoms with Gasteiger partial charge in [-0.15, -0.1) is 0 Å². The van der Waals surface area contributed by atoms with Gasteiger partial charge < -0.3 is 15.4 Å². The van der Waals surface area contributed by atoms with Gasteiger partial charge in [-0.3, -0.25) is 0 Å². The summed E-state index contributed by atoms with van der Waals surface area (Å²) in [5.74, 6) is 1.82. The maximum absolute atomic E-state index is 12.3. The summed E-state index contributed by atoms with van der Waals surface area (Å²) in [4.78, 5) is 29.8. The Balaban J connectivity index is 1.58. The van der Waals surface area contributed by atoms with Gasteiger partial charge in [0, 0.05) is 29.2 Å². The molecule has 0 saturated heterocycles. The lowest BCUT2D eigenvalue weighted by Crippen LogP contribution is -2.11. The van der Waals surface area contributed by atoms with Crippen LogP contribution in [0.1, 0.15) is 28.9 Å². The first-order valence-corrected chi connectivity index (χ1v) is 10.6. The van der Waals surface area contributed by atoms with Crippen molar-refractivity contribution in [1.29, 1.82) is 0 Å². The third-order valence-corrected chi connectivity index (χ3v) is 4.71. The number of benzene rings is 2. The summed E-state index contributed by atoms with van der Waals surface area (Å²) in [7, 11) is 0. The maximum Gasteiger partial charge on any atom is 0.343 e. The van der Waals surface area contributed by atoms with Crippen LogP contribution in [-0.4, -0.2) is 32.5 Å². The van der Waals surface area contributed by atoms with Crippen LogP contribution in [0, 0.1) is 13.8 Å². The Hall–Kier alpha value is -4.33. The van der Waals surface area contributed by atoms with Gasteiger partial charge in [0.2, 0.25) is 0 Å². The molecule has 0 spiro atoms. The van der Waals surface area contributed by atoms with Crippen LogP contribution >= 0.6 is 0 Å². The molecule has 2 aromatic carbocycles. The Morgan fingerprint density at radius 2 is 1.64 bits per heavy atom. The van der Waals surface area contributed by atoms with Crippen molar-refractivity contribution >= 4 is 29.0 Å². The van der Waals surface area contributed by atoms with E-state index < -0.39 is 5.97 Å². The van der Waals surface area contributed by atoms with E-state index in [-0.39, 0.29) is 12.2 Å². The van der Waals surface area contributed by atoms with E-state index in [0.29, 0.717) is 23.3 Å². The SMILES string of the molecule is CCOC(=O)c1cnc(C)nc1Nc1cccc(Nc2cc(-c3ccccc3)nc(C)n2)c1. The van der Waals surface area contributed by atoms with Crippen molar-refractivity contribution in [3.05, 3.63) is 84.1 Å². The number of aromatic nitrogens is 4. The summed E-state index contributed by atoms with van der Waals surface area (Å²) >= 11 is 0. The Morgan fingerprint density at radius 3 is 2.39 bits per heavy atom. The fourth-order valence-electron chi connectivity index (χ4n) is 3.27. The average Bonchev–Trinajstić information content (AvgIpc) is 2.80. The molecule has 0 amide bonds. The van der Waals surface area contributed by atoms with Crippen LogP contribution in [-0.2, 0) is 4.74 Å². The molecule has 166 valence electrons. The van der Waals surface area contributed by atoms with Gasteiger partial charge in [-0.25, -0.2) is 24.7 Å². The van der Waals surface area contributed by atoms with Gasteiger partial charge in [0.25, 0.3) is 0 Å². The normalized spacial score (nSPS) is 10.5. The molecule has 0 bridgehead atoms. The van der Waals surface area contributed by atoms with Crippen LogP contribution in [0.4, 0.5) is 23.0 Å². The third kappa shape index (κ3) is 5.48.